The fraction of sp³-hybridized carbons (Fsp3) is 0.294. The van der Waals surface area contributed by atoms with E-state index in [1.165, 1.54) is 0 Å². The van der Waals surface area contributed by atoms with Crippen LogP contribution in [0.1, 0.15) is 24.2 Å². The van der Waals surface area contributed by atoms with Gasteiger partial charge in [0.2, 0.25) is 6.79 Å². The molecule has 0 spiro atoms. The normalized spacial score (nSPS) is 14.0. The lowest BCUT2D eigenvalue weighted by Crippen LogP contribution is -2.09. The predicted octanol–water partition coefficient (Wildman–Crippen LogP) is 3.27. The first-order chi connectivity index (χ1) is 10.3. The summed E-state index contributed by atoms with van der Waals surface area (Å²) in [5.74, 6) is 2.34. The Morgan fingerprint density at radius 1 is 1.14 bits per heavy atom. The second-order valence-electron chi connectivity index (χ2n) is 5.01. The third kappa shape index (κ3) is 2.95. The van der Waals surface area contributed by atoms with Gasteiger partial charge in [0, 0.05) is 18.2 Å². The molecule has 0 amide bonds. The number of rotatable bonds is 5. The maximum absolute atomic E-state index is 6.13. The van der Waals surface area contributed by atoms with Gasteiger partial charge in [-0.05, 0) is 25.6 Å². The van der Waals surface area contributed by atoms with Crippen molar-refractivity contribution in [3.8, 4) is 17.2 Å². The highest BCUT2D eigenvalue weighted by molar-refractivity contribution is 5.52. The van der Waals surface area contributed by atoms with E-state index in [4.69, 9.17) is 14.2 Å². The molecule has 110 valence electrons. The molecule has 0 fully saturated rings. The summed E-state index contributed by atoms with van der Waals surface area (Å²) in [7, 11) is 1.91. The lowest BCUT2D eigenvalue weighted by Gasteiger charge is -2.18. The molecule has 1 aliphatic rings. The number of nitrogens with one attached hydrogen (secondary N) is 1. The van der Waals surface area contributed by atoms with E-state index < -0.39 is 0 Å². The summed E-state index contributed by atoms with van der Waals surface area (Å²) in [5.41, 5.74) is 2.20. The molecule has 0 radical (unpaired) electrons. The van der Waals surface area contributed by atoms with Crippen LogP contribution in [0, 0.1) is 0 Å². The van der Waals surface area contributed by atoms with Crippen LogP contribution in [-0.2, 0) is 6.54 Å². The van der Waals surface area contributed by atoms with Crippen molar-refractivity contribution >= 4 is 0 Å². The van der Waals surface area contributed by atoms with Crippen molar-refractivity contribution in [1.82, 2.24) is 5.32 Å². The third-order valence-corrected chi connectivity index (χ3v) is 3.50. The summed E-state index contributed by atoms with van der Waals surface area (Å²) in [6.07, 6.45) is -0.0258. The van der Waals surface area contributed by atoms with E-state index in [1.807, 2.05) is 44.3 Å². The van der Waals surface area contributed by atoms with E-state index in [1.54, 1.807) is 0 Å². The Kier molecular flexibility index (Phi) is 3.97. The zero-order valence-electron chi connectivity index (χ0n) is 12.3. The van der Waals surface area contributed by atoms with Gasteiger partial charge in [0.25, 0.3) is 0 Å². The molecule has 1 N–H and O–H groups in total. The second kappa shape index (κ2) is 6.06. The summed E-state index contributed by atoms with van der Waals surface area (Å²) >= 11 is 0. The molecule has 21 heavy (non-hydrogen) atoms. The van der Waals surface area contributed by atoms with Crippen LogP contribution < -0.4 is 19.5 Å². The first-order valence-corrected chi connectivity index (χ1v) is 7.06. The van der Waals surface area contributed by atoms with Gasteiger partial charge in [-0.3, -0.25) is 0 Å². The van der Waals surface area contributed by atoms with E-state index in [0.29, 0.717) is 6.54 Å². The second-order valence-corrected chi connectivity index (χ2v) is 5.01. The van der Waals surface area contributed by atoms with Crippen molar-refractivity contribution in [2.45, 2.75) is 19.6 Å². The third-order valence-electron chi connectivity index (χ3n) is 3.50. The minimum absolute atomic E-state index is 0.0258. The number of fused-ring (bicyclic) bond motifs is 1. The average molecular weight is 285 g/mol. The maximum atomic E-state index is 6.13. The molecule has 1 aliphatic heterocycles. The van der Waals surface area contributed by atoms with Gasteiger partial charge in [-0.25, -0.2) is 0 Å². The molecule has 0 aliphatic carbocycles. The number of ether oxygens (including phenoxy) is 3. The first kappa shape index (κ1) is 13.8. The molecule has 0 saturated heterocycles. The molecular formula is C17H19NO3. The van der Waals surface area contributed by atoms with Crippen LogP contribution in [0.25, 0.3) is 0 Å². The Hall–Kier alpha value is -2.20. The molecule has 3 rings (SSSR count). The molecule has 1 unspecified atom stereocenters. The fourth-order valence-corrected chi connectivity index (χ4v) is 2.39. The Bertz CT molecular complexity index is 613. The van der Waals surface area contributed by atoms with Gasteiger partial charge in [-0.2, -0.15) is 0 Å². The van der Waals surface area contributed by atoms with Crippen molar-refractivity contribution in [2.75, 3.05) is 13.8 Å². The van der Waals surface area contributed by atoms with E-state index in [0.717, 1.165) is 28.4 Å². The van der Waals surface area contributed by atoms with Crippen molar-refractivity contribution in [2.24, 2.45) is 0 Å². The van der Waals surface area contributed by atoms with Crippen LogP contribution in [0.4, 0.5) is 0 Å². The van der Waals surface area contributed by atoms with Gasteiger partial charge in [0.1, 0.15) is 11.9 Å². The zero-order valence-corrected chi connectivity index (χ0v) is 12.3. The molecule has 0 bridgehead atoms. The number of hydrogen-bond acceptors (Lipinski definition) is 4. The SMILES string of the molecule is CNCc1cc2c(cc1OC(C)c1ccccc1)OCO2. The Morgan fingerprint density at radius 3 is 2.57 bits per heavy atom. The van der Waals surface area contributed by atoms with E-state index in [9.17, 15) is 0 Å². The predicted molar refractivity (Wildman–Crippen MR) is 80.8 cm³/mol. The van der Waals surface area contributed by atoms with Crippen molar-refractivity contribution in [3.63, 3.8) is 0 Å². The fourth-order valence-electron chi connectivity index (χ4n) is 2.39. The first-order valence-electron chi connectivity index (χ1n) is 7.06. The Balaban J connectivity index is 1.87. The lowest BCUT2D eigenvalue weighted by molar-refractivity contribution is 0.173. The lowest BCUT2D eigenvalue weighted by atomic mass is 10.1. The topological polar surface area (TPSA) is 39.7 Å². The van der Waals surface area contributed by atoms with Gasteiger partial charge in [-0.1, -0.05) is 30.3 Å². The molecule has 4 heteroatoms. The molecule has 2 aromatic rings. The summed E-state index contributed by atoms with van der Waals surface area (Å²) in [5, 5.41) is 3.15. The highest BCUT2D eigenvalue weighted by Crippen LogP contribution is 2.39. The molecule has 0 saturated carbocycles. The largest absolute Gasteiger partial charge is 0.486 e. The van der Waals surface area contributed by atoms with E-state index in [2.05, 4.69) is 17.4 Å². The molecule has 2 aromatic carbocycles. The monoisotopic (exact) mass is 285 g/mol. The quantitative estimate of drug-likeness (QED) is 0.915. The van der Waals surface area contributed by atoms with Gasteiger partial charge in [-0.15, -0.1) is 0 Å². The van der Waals surface area contributed by atoms with Crippen LogP contribution in [0.15, 0.2) is 42.5 Å². The minimum Gasteiger partial charge on any atom is -0.486 e. The van der Waals surface area contributed by atoms with Gasteiger partial charge < -0.3 is 19.5 Å². The summed E-state index contributed by atoms with van der Waals surface area (Å²) in [4.78, 5) is 0. The van der Waals surface area contributed by atoms with Crippen LogP contribution in [0.2, 0.25) is 0 Å². The Labute approximate surface area is 124 Å². The highest BCUT2D eigenvalue weighted by Gasteiger charge is 2.19. The minimum atomic E-state index is -0.0258. The van der Waals surface area contributed by atoms with Crippen LogP contribution in [-0.4, -0.2) is 13.8 Å². The average Bonchev–Trinajstić information content (AvgIpc) is 2.96. The van der Waals surface area contributed by atoms with Crippen LogP contribution in [0.5, 0.6) is 17.2 Å². The van der Waals surface area contributed by atoms with E-state index in [-0.39, 0.29) is 12.9 Å². The standard InChI is InChI=1S/C17H19NO3/c1-12(13-6-4-3-5-7-13)21-15-9-17-16(19-11-20-17)8-14(15)10-18-2/h3-9,12,18H,10-11H2,1-2H3. The summed E-state index contributed by atoms with van der Waals surface area (Å²) in [6, 6.07) is 14.1. The molecule has 4 nitrogen and oxygen atoms in total. The number of hydrogen-bond donors (Lipinski definition) is 1. The Morgan fingerprint density at radius 2 is 1.86 bits per heavy atom. The van der Waals surface area contributed by atoms with Crippen LogP contribution in [0.3, 0.4) is 0 Å². The maximum Gasteiger partial charge on any atom is 0.231 e. The van der Waals surface area contributed by atoms with Crippen LogP contribution >= 0.6 is 0 Å². The summed E-state index contributed by atoms with van der Waals surface area (Å²) < 4.78 is 17.0. The van der Waals surface area contributed by atoms with Crippen molar-refractivity contribution in [1.29, 1.82) is 0 Å². The zero-order chi connectivity index (χ0) is 14.7. The van der Waals surface area contributed by atoms with Crippen molar-refractivity contribution < 1.29 is 14.2 Å². The number of benzene rings is 2. The van der Waals surface area contributed by atoms with E-state index >= 15 is 0 Å². The van der Waals surface area contributed by atoms with Gasteiger partial charge in [0.15, 0.2) is 11.5 Å². The molecule has 1 atom stereocenters. The smallest absolute Gasteiger partial charge is 0.231 e. The summed E-state index contributed by atoms with van der Waals surface area (Å²) in [6.45, 7) is 3.03. The molecule has 0 aromatic heterocycles. The molecule has 1 heterocycles. The highest BCUT2D eigenvalue weighted by atomic mass is 16.7. The molecular weight excluding hydrogens is 266 g/mol. The van der Waals surface area contributed by atoms with Gasteiger partial charge >= 0.3 is 0 Å². The van der Waals surface area contributed by atoms with Gasteiger partial charge in [0.05, 0.1) is 0 Å². The van der Waals surface area contributed by atoms with Crippen molar-refractivity contribution in [3.05, 3.63) is 53.6 Å².